The first-order chi connectivity index (χ1) is 10.3. The summed E-state index contributed by atoms with van der Waals surface area (Å²) < 4.78 is 2.22. The SMILES string of the molecule is CNc1nc2n(n1)C(C13CC4CC(CC(C4)C1)C3)CCN2. The van der Waals surface area contributed by atoms with Gasteiger partial charge in [0.05, 0.1) is 6.04 Å². The number of fused-ring (bicyclic) bond motifs is 1. The molecule has 0 radical (unpaired) electrons. The van der Waals surface area contributed by atoms with Crippen LogP contribution in [0.15, 0.2) is 0 Å². The number of rotatable bonds is 2. The number of nitrogens with one attached hydrogen (secondary N) is 2. The van der Waals surface area contributed by atoms with E-state index in [9.17, 15) is 0 Å². The second kappa shape index (κ2) is 4.14. The van der Waals surface area contributed by atoms with Gasteiger partial charge in [-0.1, -0.05) is 0 Å². The van der Waals surface area contributed by atoms with E-state index in [1.807, 2.05) is 7.05 Å². The molecule has 0 spiro atoms. The second-order valence-electron chi connectivity index (χ2n) is 7.96. The summed E-state index contributed by atoms with van der Waals surface area (Å²) >= 11 is 0. The van der Waals surface area contributed by atoms with E-state index in [0.717, 1.165) is 36.2 Å². The van der Waals surface area contributed by atoms with Crippen LogP contribution in [0, 0.1) is 23.2 Å². The number of nitrogens with zero attached hydrogens (tertiary/aromatic N) is 3. The molecule has 114 valence electrons. The molecule has 2 heterocycles. The van der Waals surface area contributed by atoms with Gasteiger partial charge in [0.25, 0.3) is 0 Å². The van der Waals surface area contributed by atoms with E-state index >= 15 is 0 Å². The van der Waals surface area contributed by atoms with Crippen molar-refractivity contribution in [2.24, 2.45) is 23.2 Å². The molecule has 5 aliphatic rings. The summed E-state index contributed by atoms with van der Waals surface area (Å²) in [6, 6.07) is 0.566. The average Bonchev–Trinajstić information content (AvgIpc) is 2.88. The van der Waals surface area contributed by atoms with Crippen molar-refractivity contribution >= 4 is 11.9 Å². The maximum absolute atomic E-state index is 4.74. The van der Waals surface area contributed by atoms with Gasteiger partial charge in [0.1, 0.15) is 0 Å². The Morgan fingerprint density at radius 2 is 1.81 bits per heavy atom. The molecule has 21 heavy (non-hydrogen) atoms. The second-order valence-corrected chi connectivity index (χ2v) is 7.96. The Balaban J connectivity index is 1.55. The van der Waals surface area contributed by atoms with Crippen LogP contribution in [0.2, 0.25) is 0 Å². The van der Waals surface area contributed by atoms with Crippen LogP contribution in [0.5, 0.6) is 0 Å². The topological polar surface area (TPSA) is 54.8 Å². The first kappa shape index (κ1) is 12.3. The lowest BCUT2D eigenvalue weighted by atomic mass is 9.47. The molecular formula is C16H25N5. The van der Waals surface area contributed by atoms with Gasteiger partial charge < -0.3 is 10.6 Å². The molecule has 4 bridgehead atoms. The van der Waals surface area contributed by atoms with Gasteiger partial charge in [-0.25, -0.2) is 4.68 Å². The van der Waals surface area contributed by atoms with E-state index in [0.29, 0.717) is 11.5 Å². The first-order valence-corrected chi connectivity index (χ1v) is 8.64. The maximum atomic E-state index is 4.74. The van der Waals surface area contributed by atoms with Gasteiger partial charge in [-0.15, -0.1) is 5.10 Å². The molecule has 4 aliphatic carbocycles. The van der Waals surface area contributed by atoms with E-state index in [-0.39, 0.29) is 0 Å². The van der Waals surface area contributed by atoms with Crippen LogP contribution in [0.1, 0.15) is 51.0 Å². The Morgan fingerprint density at radius 1 is 1.14 bits per heavy atom. The number of hydrogen-bond donors (Lipinski definition) is 2. The van der Waals surface area contributed by atoms with E-state index in [1.165, 1.54) is 44.9 Å². The minimum atomic E-state index is 0.518. The van der Waals surface area contributed by atoms with Gasteiger partial charge in [0.15, 0.2) is 0 Å². The standard InChI is InChI=1S/C16H25N5/c1-17-14-19-15-18-3-2-13(21(15)20-14)16-7-10-4-11(8-16)6-12(5-10)9-16/h10-13H,2-9H2,1H3,(H2,17,18,19,20). The summed E-state index contributed by atoms with van der Waals surface area (Å²) in [5.74, 6) is 4.74. The molecule has 0 amide bonds. The lowest BCUT2D eigenvalue weighted by Gasteiger charge is -2.59. The molecule has 1 aromatic rings. The van der Waals surface area contributed by atoms with Crippen LogP contribution < -0.4 is 10.6 Å². The Morgan fingerprint density at radius 3 is 2.43 bits per heavy atom. The smallest absolute Gasteiger partial charge is 0.243 e. The maximum Gasteiger partial charge on any atom is 0.243 e. The summed E-state index contributed by atoms with van der Waals surface area (Å²) in [6.45, 7) is 1.05. The van der Waals surface area contributed by atoms with Gasteiger partial charge in [0, 0.05) is 13.6 Å². The van der Waals surface area contributed by atoms with Crippen molar-refractivity contribution in [3.63, 3.8) is 0 Å². The van der Waals surface area contributed by atoms with Crippen molar-refractivity contribution in [1.29, 1.82) is 0 Å². The van der Waals surface area contributed by atoms with E-state index in [2.05, 4.69) is 20.3 Å². The third-order valence-corrected chi connectivity index (χ3v) is 6.64. The summed E-state index contributed by atoms with van der Waals surface area (Å²) in [7, 11) is 1.90. The molecule has 2 N–H and O–H groups in total. The fourth-order valence-electron chi connectivity index (χ4n) is 6.36. The summed E-state index contributed by atoms with van der Waals surface area (Å²) in [5, 5.41) is 11.3. The average molecular weight is 287 g/mol. The number of anilines is 2. The minimum absolute atomic E-state index is 0.518. The quantitative estimate of drug-likeness (QED) is 0.878. The molecule has 4 fully saturated rings. The molecule has 6 rings (SSSR count). The molecule has 0 aromatic carbocycles. The Bertz CT molecular complexity index is 528. The van der Waals surface area contributed by atoms with Crippen LogP contribution in [-0.4, -0.2) is 28.4 Å². The zero-order valence-electron chi connectivity index (χ0n) is 12.8. The highest BCUT2D eigenvalue weighted by atomic mass is 15.5. The summed E-state index contributed by atoms with van der Waals surface area (Å²) in [6.07, 6.45) is 10.1. The number of aromatic nitrogens is 3. The lowest BCUT2D eigenvalue weighted by Crippen LogP contribution is -2.51. The van der Waals surface area contributed by atoms with E-state index in [4.69, 9.17) is 5.10 Å². The van der Waals surface area contributed by atoms with Gasteiger partial charge in [-0.3, -0.25) is 0 Å². The van der Waals surface area contributed by atoms with Crippen LogP contribution >= 0.6 is 0 Å². The third-order valence-electron chi connectivity index (χ3n) is 6.64. The molecule has 0 saturated heterocycles. The molecular weight excluding hydrogens is 262 g/mol. The number of hydrogen-bond acceptors (Lipinski definition) is 4. The lowest BCUT2D eigenvalue weighted by molar-refractivity contribution is -0.0868. The highest BCUT2D eigenvalue weighted by Gasteiger charge is 2.55. The molecule has 5 heteroatoms. The molecule has 4 saturated carbocycles. The Labute approximate surface area is 125 Å². The summed E-state index contributed by atoms with van der Waals surface area (Å²) in [4.78, 5) is 4.58. The Hall–Kier alpha value is -1.26. The van der Waals surface area contributed by atoms with Crippen LogP contribution in [0.3, 0.4) is 0 Å². The van der Waals surface area contributed by atoms with E-state index in [1.54, 1.807) is 0 Å². The summed E-state index contributed by atoms with van der Waals surface area (Å²) in [5.41, 5.74) is 0.518. The molecule has 1 aromatic heterocycles. The fraction of sp³-hybridized carbons (Fsp3) is 0.875. The zero-order valence-corrected chi connectivity index (χ0v) is 12.8. The predicted molar refractivity (Wildman–Crippen MR) is 82.3 cm³/mol. The van der Waals surface area contributed by atoms with Gasteiger partial charge in [-0.2, -0.15) is 4.98 Å². The van der Waals surface area contributed by atoms with Crippen molar-refractivity contribution in [2.45, 2.75) is 51.0 Å². The largest absolute Gasteiger partial charge is 0.356 e. The van der Waals surface area contributed by atoms with Crippen LogP contribution in [0.25, 0.3) is 0 Å². The molecule has 1 aliphatic heterocycles. The van der Waals surface area contributed by atoms with Crippen LogP contribution in [0.4, 0.5) is 11.9 Å². The highest BCUT2D eigenvalue weighted by Crippen LogP contribution is 2.64. The van der Waals surface area contributed by atoms with Gasteiger partial charge >= 0.3 is 0 Å². The molecule has 5 nitrogen and oxygen atoms in total. The third kappa shape index (κ3) is 1.69. The predicted octanol–water partition coefficient (Wildman–Crippen LogP) is 2.89. The highest BCUT2D eigenvalue weighted by molar-refractivity contribution is 5.37. The van der Waals surface area contributed by atoms with Gasteiger partial charge in [0.2, 0.25) is 11.9 Å². The normalized spacial score (nSPS) is 43.5. The van der Waals surface area contributed by atoms with Crippen LogP contribution in [-0.2, 0) is 0 Å². The zero-order chi connectivity index (χ0) is 14.0. The Kier molecular flexibility index (Phi) is 2.43. The molecule has 1 atom stereocenters. The van der Waals surface area contributed by atoms with Crippen molar-refractivity contribution < 1.29 is 0 Å². The van der Waals surface area contributed by atoms with Crippen molar-refractivity contribution in [1.82, 2.24) is 14.8 Å². The molecule has 1 unspecified atom stereocenters. The van der Waals surface area contributed by atoms with Crippen molar-refractivity contribution in [3.05, 3.63) is 0 Å². The van der Waals surface area contributed by atoms with Crippen molar-refractivity contribution in [3.8, 4) is 0 Å². The van der Waals surface area contributed by atoms with Crippen molar-refractivity contribution in [2.75, 3.05) is 24.2 Å². The van der Waals surface area contributed by atoms with Gasteiger partial charge in [-0.05, 0) is 68.1 Å². The fourth-order valence-corrected chi connectivity index (χ4v) is 6.36. The first-order valence-electron chi connectivity index (χ1n) is 8.64. The van der Waals surface area contributed by atoms with E-state index < -0.39 is 0 Å². The minimum Gasteiger partial charge on any atom is -0.356 e. The monoisotopic (exact) mass is 287 g/mol.